The Morgan fingerprint density at radius 3 is 2.47 bits per heavy atom. The van der Waals surface area contributed by atoms with E-state index in [1.54, 1.807) is 11.6 Å². The van der Waals surface area contributed by atoms with E-state index in [1.165, 1.54) is 23.5 Å². The van der Waals surface area contributed by atoms with Crippen LogP contribution in [0.3, 0.4) is 0 Å². The van der Waals surface area contributed by atoms with Crippen LogP contribution >= 0.6 is 0 Å². The Morgan fingerprint density at radius 1 is 1.12 bits per heavy atom. The van der Waals surface area contributed by atoms with E-state index >= 15 is 0 Å². The number of aliphatic hydroxyl groups is 1. The van der Waals surface area contributed by atoms with Crippen molar-refractivity contribution in [1.29, 1.82) is 0 Å². The normalized spacial score (nSPS) is 15.3. The molecule has 3 heterocycles. The first-order chi connectivity index (χ1) is 15.3. The molecule has 2 aromatic heterocycles. The van der Waals surface area contributed by atoms with E-state index in [-0.39, 0.29) is 18.2 Å². The number of fused-ring (bicyclic) bond motifs is 1. The molecule has 1 amide bonds. The van der Waals surface area contributed by atoms with Gasteiger partial charge in [-0.3, -0.25) is 19.1 Å². The lowest BCUT2D eigenvalue weighted by molar-refractivity contribution is -0.121. The Labute approximate surface area is 184 Å². The molecule has 1 aliphatic rings. The van der Waals surface area contributed by atoms with E-state index in [9.17, 15) is 19.5 Å². The molecule has 1 aliphatic heterocycles. The van der Waals surface area contributed by atoms with Crippen LogP contribution in [-0.2, 0) is 38.5 Å². The van der Waals surface area contributed by atoms with Crippen molar-refractivity contribution in [3.63, 3.8) is 0 Å². The number of nitrogens with zero attached hydrogens (tertiary/aromatic N) is 5. The van der Waals surface area contributed by atoms with Gasteiger partial charge in [0.15, 0.2) is 11.2 Å². The van der Waals surface area contributed by atoms with Gasteiger partial charge in [-0.05, 0) is 24.0 Å². The maximum atomic E-state index is 12.7. The number of benzene rings is 1. The Kier molecular flexibility index (Phi) is 6.24. The lowest BCUT2D eigenvalue weighted by Crippen LogP contribution is -2.43. The number of imidazole rings is 1. The molecule has 1 aromatic carbocycles. The highest BCUT2D eigenvalue weighted by Gasteiger charge is 2.18. The number of hydrogen-bond donors (Lipinski definition) is 2. The Hall–Kier alpha value is -3.24. The van der Waals surface area contributed by atoms with Gasteiger partial charge in [0.2, 0.25) is 5.91 Å². The van der Waals surface area contributed by atoms with Gasteiger partial charge in [0, 0.05) is 40.3 Å². The third-order valence-electron chi connectivity index (χ3n) is 5.98. The smallest absolute Gasteiger partial charge is 0.332 e. The van der Waals surface area contributed by atoms with Crippen molar-refractivity contribution in [2.75, 3.05) is 13.1 Å². The zero-order chi connectivity index (χ0) is 22.8. The van der Waals surface area contributed by atoms with E-state index in [0.29, 0.717) is 12.2 Å². The highest BCUT2D eigenvalue weighted by atomic mass is 16.3. The predicted molar refractivity (Wildman–Crippen MR) is 119 cm³/mol. The molecule has 0 saturated carbocycles. The molecule has 1 fully saturated rings. The SMILES string of the molecule is Cn1cnc2c1c(=O)n(CC(=O)NCc1ccc(CN3CCC(O)CC3)cc1)c(=O)n2C. The summed E-state index contributed by atoms with van der Waals surface area (Å²) in [5.74, 6) is -0.415. The number of likely N-dealkylation sites (tertiary alicyclic amines) is 1. The van der Waals surface area contributed by atoms with Gasteiger partial charge in [-0.2, -0.15) is 0 Å². The number of hydrogen-bond acceptors (Lipinski definition) is 6. The van der Waals surface area contributed by atoms with Crippen molar-refractivity contribution < 1.29 is 9.90 Å². The molecular weight excluding hydrogens is 412 g/mol. The fraction of sp³-hybridized carbons (Fsp3) is 0.455. The lowest BCUT2D eigenvalue weighted by Gasteiger charge is -2.29. The quantitative estimate of drug-likeness (QED) is 0.544. The van der Waals surface area contributed by atoms with E-state index in [0.717, 1.165) is 42.6 Å². The predicted octanol–water partition coefficient (Wildman–Crippen LogP) is -0.293. The highest BCUT2D eigenvalue weighted by Crippen LogP contribution is 2.14. The molecule has 4 rings (SSSR count). The van der Waals surface area contributed by atoms with Crippen LogP contribution in [0.15, 0.2) is 40.2 Å². The van der Waals surface area contributed by atoms with E-state index in [4.69, 9.17) is 0 Å². The Balaban J connectivity index is 1.37. The summed E-state index contributed by atoms with van der Waals surface area (Å²) in [6, 6.07) is 7.98. The minimum Gasteiger partial charge on any atom is -0.393 e. The molecule has 10 nitrogen and oxygen atoms in total. The number of aryl methyl sites for hydroxylation is 2. The maximum Gasteiger partial charge on any atom is 0.332 e. The van der Waals surface area contributed by atoms with Gasteiger partial charge in [0.1, 0.15) is 6.54 Å². The van der Waals surface area contributed by atoms with Crippen LogP contribution in [0.4, 0.5) is 0 Å². The number of piperidine rings is 1. The molecule has 0 atom stereocenters. The molecule has 3 aromatic rings. The van der Waals surface area contributed by atoms with Crippen LogP contribution in [0.5, 0.6) is 0 Å². The van der Waals surface area contributed by atoms with Crippen molar-refractivity contribution in [3.8, 4) is 0 Å². The second-order valence-electron chi connectivity index (χ2n) is 8.36. The Bertz CT molecular complexity index is 1230. The van der Waals surface area contributed by atoms with Crippen LogP contribution in [0.2, 0.25) is 0 Å². The average molecular weight is 441 g/mol. The number of aliphatic hydroxyl groups excluding tert-OH is 1. The standard InChI is InChI=1S/C22H28N6O4/c1-25-14-24-20-19(25)21(31)28(22(32)26(20)2)13-18(30)23-11-15-3-5-16(6-4-15)12-27-9-7-17(29)8-10-27/h3-6,14,17,29H,7-13H2,1-2H3,(H,23,30). The van der Waals surface area contributed by atoms with Gasteiger partial charge in [-0.15, -0.1) is 0 Å². The van der Waals surface area contributed by atoms with Crippen LogP contribution in [-0.4, -0.2) is 53.8 Å². The summed E-state index contributed by atoms with van der Waals surface area (Å²) in [4.78, 5) is 44.1. The topological polar surface area (TPSA) is 114 Å². The first-order valence-electron chi connectivity index (χ1n) is 10.7. The summed E-state index contributed by atoms with van der Waals surface area (Å²) in [6.45, 7) is 2.57. The molecule has 0 aliphatic carbocycles. The van der Waals surface area contributed by atoms with E-state index < -0.39 is 17.2 Å². The number of amides is 1. The van der Waals surface area contributed by atoms with E-state index in [2.05, 4.69) is 15.2 Å². The monoisotopic (exact) mass is 440 g/mol. The zero-order valence-corrected chi connectivity index (χ0v) is 18.3. The van der Waals surface area contributed by atoms with Crippen LogP contribution < -0.4 is 16.6 Å². The van der Waals surface area contributed by atoms with Crippen molar-refractivity contribution in [3.05, 3.63) is 62.6 Å². The summed E-state index contributed by atoms with van der Waals surface area (Å²) >= 11 is 0. The third kappa shape index (κ3) is 4.51. The van der Waals surface area contributed by atoms with Crippen LogP contribution in [0, 0.1) is 0 Å². The molecule has 2 N–H and O–H groups in total. The first kappa shape index (κ1) is 22.0. The Morgan fingerprint density at radius 2 is 1.78 bits per heavy atom. The maximum absolute atomic E-state index is 12.7. The molecular formula is C22H28N6O4. The fourth-order valence-electron chi connectivity index (χ4n) is 4.03. The molecule has 10 heteroatoms. The summed E-state index contributed by atoms with van der Waals surface area (Å²) in [5.41, 5.74) is 1.56. The average Bonchev–Trinajstić information content (AvgIpc) is 3.18. The number of aromatic nitrogens is 4. The molecule has 0 bridgehead atoms. The van der Waals surface area contributed by atoms with Gasteiger partial charge in [0.25, 0.3) is 5.56 Å². The number of carbonyl (C=O) groups is 1. The summed E-state index contributed by atoms with van der Waals surface area (Å²) < 4.78 is 3.74. The van der Waals surface area contributed by atoms with Gasteiger partial charge < -0.3 is 15.0 Å². The fourth-order valence-corrected chi connectivity index (χ4v) is 4.03. The van der Waals surface area contributed by atoms with Crippen LogP contribution in [0.1, 0.15) is 24.0 Å². The third-order valence-corrected chi connectivity index (χ3v) is 5.98. The summed E-state index contributed by atoms with van der Waals surface area (Å²) in [5, 5.41) is 12.4. The second-order valence-corrected chi connectivity index (χ2v) is 8.36. The molecule has 0 radical (unpaired) electrons. The number of rotatable bonds is 6. The first-order valence-corrected chi connectivity index (χ1v) is 10.7. The molecule has 170 valence electrons. The molecule has 0 spiro atoms. The number of carbonyl (C=O) groups excluding carboxylic acids is 1. The van der Waals surface area contributed by atoms with Gasteiger partial charge in [-0.25, -0.2) is 14.3 Å². The van der Waals surface area contributed by atoms with Crippen molar-refractivity contribution >= 4 is 17.1 Å². The molecule has 0 unspecified atom stereocenters. The lowest BCUT2D eigenvalue weighted by atomic mass is 10.1. The highest BCUT2D eigenvalue weighted by molar-refractivity contribution is 5.76. The van der Waals surface area contributed by atoms with Gasteiger partial charge in [-0.1, -0.05) is 24.3 Å². The van der Waals surface area contributed by atoms with Crippen LogP contribution in [0.25, 0.3) is 11.2 Å². The van der Waals surface area contributed by atoms with Gasteiger partial charge in [0.05, 0.1) is 12.4 Å². The zero-order valence-electron chi connectivity index (χ0n) is 18.3. The summed E-state index contributed by atoms with van der Waals surface area (Å²) in [6.07, 6.45) is 2.90. The van der Waals surface area contributed by atoms with Crippen molar-refractivity contribution in [2.45, 2.75) is 38.6 Å². The van der Waals surface area contributed by atoms with Crippen molar-refractivity contribution in [2.24, 2.45) is 14.1 Å². The minimum absolute atomic E-state index is 0.181. The van der Waals surface area contributed by atoms with E-state index in [1.807, 2.05) is 24.3 Å². The molecule has 1 saturated heterocycles. The second kappa shape index (κ2) is 9.09. The van der Waals surface area contributed by atoms with Crippen molar-refractivity contribution in [1.82, 2.24) is 28.9 Å². The largest absolute Gasteiger partial charge is 0.393 e. The molecule has 32 heavy (non-hydrogen) atoms. The summed E-state index contributed by atoms with van der Waals surface area (Å²) in [7, 11) is 3.20. The van der Waals surface area contributed by atoms with Gasteiger partial charge >= 0.3 is 5.69 Å². The number of nitrogens with one attached hydrogen (secondary N) is 1. The minimum atomic E-state index is -0.578.